The average Bonchev–Trinajstić information content (AvgIpc) is 3.42. The van der Waals surface area contributed by atoms with Gasteiger partial charge in [-0.15, -0.1) is 0 Å². The number of hydrogen-bond donors (Lipinski definition) is 0. The maximum Gasteiger partial charge on any atom is 0.425 e. The molecule has 9 nitrogen and oxygen atoms in total. The number of carbonyl (C=O) groups is 1. The zero-order valence-corrected chi connectivity index (χ0v) is 19.3. The predicted octanol–water partition coefficient (Wildman–Crippen LogP) is 3.78. The van der Waals surface area contributed by atoms with Crippen molar-refractivity contribution in [3.8, 4) is 29.1 Å². The van der Waals surface area contributed by atoms with Gasteiger partial charge in [0, 0.05) is 24.4 Å². The zero-order valence-electron chi connectivity index (χ0n) is 19.3. The van der Waals surface area contributed by atoms with Gasteiger partial charge in [-0.3, -0.25) is 4.79 Å². The van der Waals surface area contributed by atoms with Crippen LogP contribution in [0.4, 0.5) is 17.6 Å². The van der Waals surface area contributed by atoms with E-state index in [0.717, 1.165) is 19.2 Å². The Labute approximate surface area is 202 Å². The van der Waals surface area contributed by atoms with E-state index in [1.807, 2.05) is 6.07 Å². The van der Waals surface area contributed by atoms with E-state index in [-0.39, 0.29) is 47.3 Å². The number of alkyl halides is 3. The minimum atomic E-state index is -4.68. The Morgan fingerprint density at radius 3 is 2.58 bits per heavy atom. The van der Waals surface area contributed by atoms with E-state index >= 15 is 0 Å². The molecular weight excluding hydrogens is 486 g/mol. The lowest BCUT2D eigenvalue weighted by atomic mass is 10.1. The number of halogens is 4. The summed E-state index contributed by atoms with van der Waals surface area (Å²) in [5.41, 5.74) is 1.01. The van der Waals surface area contributed by atoms with E-state index in [2.05, 4.69) is 10.1 Å². The summed E-state index contributed by atoms with van der Waals surface area (Å²) in [7, 11) is 2.58. The van der Waals surface area contributed by atoms with Crippen LogP contribution in [0, 0.1) is 17.1 Å². The third kappa shape index (κ3) is 4.49. The first kappa shape index (κ1) is 24.8. The van der Waals surface area contributed by atoms with Gasteiger partial charge in [-0.2, -0.15) is 23.5 Å². The van der Waals surface area contributed by atoms with Gasteiger partial charge in [-0.1, -0.05) is 0 Å². The summed E-state index contributed by atoms with van der Waals surface area (Å²) in [5.74, 6) is -1.72. The second-order valence-corrected chi connectivity index (χ2v) is 7.82. The molecule has 0 saturated carbocycles. The van der Waals surface area contributed by atoms with E-state index in [0.29, 0.717) is 11.3 Å². The normalized spacial score (nSPS) is 13.7. The molecule has 188 valence electrons. The molecule has 0 N–H and O–H groups in total. The number of carbonyl (C=O) groups excluding carboxylic acids is 1. The van der Waals surface area contributed by atoms with Crippen LogP contribution in [0.25, 0.3) is 5.69 Å². The molecule has 3 aromatic rings. The van der Waals surface area contributed by atoms with Crippen LogP contribution in [-0.4, -0.2) is 52.1 Å². The van der Waals surface area contributed by atoms with Crippen molar-refractivity contribution in [2.45, 2.75) is 32.3 Å². The Bertz CT molecular complexity index is 1340. The maximum absolute atomic E-state index is 13.7. The molecule has 0 fully saturated rings. The SMILES string of the molecule is COc1ncc(F)cc1-n1cc2c(n1)CN(C(=O)c1c(OC(C)C(F)(F)F)ccc(C#N)c1OC)C2. The van der Waals surface area contributed by atoms with E-state index < -0.39 is 24.0 Å². The first-order chi connectivity index (χ1) is 17.1. The van der Waals surface area contributed by atoms with E-state index in [4.69, 9.17) is 14.2 Å². The fraction of sp³-hybridized carbons (Fsp3) is 0.304. The second kappa shape index (κ2) is 9.37. The highest BCUT2D eigenvalue weighted by molar-refractivity contribution is 6.00. The maximum atomic E-state index is 13.7. The predicted molar refractivity (Wildman–Crippen MR) is 115 cm³/mol. The van der Waals surface area contributed by atoms with Crippen LogP contribution < -0.4 is 14.2 Å². The molecule has 1 unspecified atom stereocenters. The molecule has 2 aromatic heterocycles. The quantitative estimate of drug-likeness (QED) is 0.470. The van der Waals surface area contributed by atoms with Gasteiger partial charge in [0.15, 0.2) is 11.9 Å². The minimum Gasteiger partial charge on any atom is -0.494 e. The molecule has 1 amide bonds. The van der Waals surface area contributed by atoms with Crippen LogP contribution in [0.1, 0.15) is 34.1 Å². The number of benzene rings is 1. The third-order valence-corrected chi connectivity index (χ3v) is 5.53. The molecule has 1 aliphatic rings. The number of pyridine rings is 1. The van der Waals surface area contributed by atoms with Gasteiger partial charge in [0.2, 0.25) is 5.88 Å². The number of methoxy groups -OCH3 is 2. The number of nitrogens with zero attached hydrogens (tertiary/aromatic N) is 5. The molecule has 0 aliphatic carbocycles. The topological polar surface area (TPSA) is 103 Å². The third-order valence-electron chi connectivity index (χ3n) is 5.53. The van der Waals surface area contributed by atoms with Crippen LogP contribution in [0.5, 0.6) is 17.4 Å². The molecule has 1 atom stereocenters. The molecule has 0 bridgehead atoms. The first-order valence-electron chi connectivity index (χ1n) is 10.5. The number of fused-ring (bicyclic) bond motifs is 1. The van der Waals surface area contributed by atoms with E-state index in [1.54, 1.807) is 6.20 Å². The summed E-state index contributed by atoms with van der Waals surface area (Å²) < 4.78 is 70.0. The average molecular weight is 505 g/mol. The molecule has 1 aliphatic heterocycles. The summed E-state index contributed by atoms with van der Waals surface area (Å²) in [6, 6.07) is 5.41. The fourth-order valence-corrected chi connectivity index (χ4v) is 3.74. The summed E-state index contributed by atoms with van der Waals surface area (Å²) in [6.45, 7) is 0.858. The molecule has 0 saturated heterocycles. The van der Waals surface area contributed by atoms with Crippen molar-refractivity contribution >= 4 is 5.91 Å². The van der Waals surface area contributed by atoms with Gasteiger partial charge in [0.05, 0.1) is 38.2 Å². The van der Waals surface area contributed by atoms with Gasteiger partial charge < -0.3 is 19.1 Å². The summed E-state index contributed by atoms with van der Waals surface area (Å²) in [5, 5.41) is 13.8. The van der Waals surface area contributed by atoms with Crippen molar-refractivity contribution in [2.75, 3.05) is 14.2 Å². The Balaban J connectivity index is 1.66. The lowest BCUT2D eigenvalue weighted by Gasteiger charge is -2.23. The van der Waals surface area contributed by atoms with Crippen molar-refractivity contribution in [1.29, 1.82) is 5.26 Å². The first-order valence-corrected chi connectivity index (χ1v) is 10.5. The van der Waals surface area contributed by atoms with Crippen molar-refractivity contribution in [3.05, 3.63) is 58.8 Å². The molecule has 13 heteroatoms. The number of amides is 1. The number of nitriles is 1. The van der Waals surface area contributed by atoms with Crippen LogP contribution in [0.2, 0.25) is 0 Å². The molecule has 1 aromatic carbocycles. The summed E-state index contributed by atoms with van der Waals surface area (Å²) in [6.07, 6.45) is -4.31. The molecular formula is C23H19F4N5O4. The van der Waals surface area contributed by atoms with Gasteiger partial charge in [0.25, 0.3) is 5.91 Å². The molecule has 0 spiro atoms. The van der Waals surface area contributed by atoms with Crippen molar-refractivity contribution in [3.63, 3.8) is 0 Å². The smallest absolute Gasteiger partial charge is 0.425 e. The summed E-state index contributed by atoms with van der Waals surface area (Å²) in [4.78, 5) is 18.7. The zero-order chi connectivity index (χ0) is 26.2. The van der Waals surface area contributed by atoms with Crippen LogP contribution in [-0.2, 0) is 13.1 Å². The Kier molecular flexibility index (Phi) is 6.45. The Hall–Kier alpha value is -4.34. The molecule has 4 rings (SSSR count). The highest BCUT2D eigenvalue weighted by Gasteiger charge is 2.40. The number of ether oxygens (including phenoxy) is 3. The standard InChI is InChI=1S/C23H19F4N5O4/c1-12(23(25,26)27)36-18-5-4-13(7-28)20(34-2)19(18)22(33)31-9-14-10-32(30-16(14)11-31)17-6-15(24)8-29-21(17)35-3/h4-6,8,10,12H,9,11H2,1-3H3. The molecule has 36 heavy (non-hydrogen) atoms. The van der Waals surface area contributed by atoms with Crippen molar-refractivity contribution < 1.29 is 36.6 Å². The second-order valence-electron chi connectivity index (χ2n) is 7.82. The van der Waals surface area contributed by atoms with Gasteiger partial charge in [-0.25, -0.2) is 14.1 Å². The van der Waals surface area contributed by atoms with Gasteiger partial charge in [0.1, 0.15) is 28.9 Å². The minimum absolute atomic E-state index is 0.000423. The van der Waals surface area contributed by atoms with Gasteiger partial charge >= 0.3 is 6.18 Å². The fourth-order valence-electron chi connectivity index (χ4n) is 3.74. The highest BCUT2D eigenvalue weighted by atomic mass is 19.4. The van der Waals surface area contributed by atoms with E-state index in [9.17, 15) is 27.6 Å². The number of aromatic nitrogens is 3. The largest absolute Gasteiger partial charge is 0.494 e. The highest BCUT2D eigenvalue weighted by Crippen LogP contribution is 2.37. The van der Waals surface area contributed by atoms with Crippen LogP contribution in [0.15, 0.2) is 30.6 Å². The monoisotopic (exact) mass is 505 g/mol. The molecule has 0 radical (unpaired) electrons. The number of hydrogen-bond acceptors (Lipinski definition) is 7. The lowest BCUT2D eigenvalue weighted by molar-refractivity contribution is -0.189. The van der Waals surface area contributed by atoms with Crippen molar-refractivity contribution in [1.82, 2.24) is 19.7 Å². The van der Waals surface area contributed by atoms with E-state index in [1.165, 1.54) is 35.9 Å². The van der Waals surface area contributed by atoms with Crippen LogP contribution in [0.3, 0.4) is 0 Å². The summed E-state index contributed by atoms with van der Waals surface area (Å²) >= 11 is 0. The lowest BCUT2D eigenvalue weighted by Crippen LogP contribution is -2.33. The molecule has 3 heterocycles. The van der Waals surface area contributed by atoms with Crippen molar-refractivity contribution in [2.24, 2.45) is 0 Å². The van der Waals surface area contributed by atoms with Gasteiger partial charge in [-0.05, 0) is 19.1 Å². The van der Waals surface area contributed by atoms with Crippen LogP contribution >= 0.6 is 0 Å². The number of rotatable bonds is 6. The Morgan fingerprint density at radius 1 is 1.22 bits per heavy atom. The Morgan fingerprint density at radius 2 is 1.97 bits per heavy atom.